The fourth-order valence-electron chi connectivity index (χ4n) is 2.54. The lowest BCUT2D eigenvalue weighted by Crippen LogP contribution is -2.29. The molecule has 106 valence electrons. The van der Waals surface area contributed by atoms with E-state index in [9.17, 15) is 14.4 Å². The minimum absolute atomic E-state index is 0.106. The SMILES string of the molecule is O=C(O)C1=NC(=O)C2C(=C1)SC(=O)C2Cc1ccccc1. The molecular weight excluding hydrogens is 290 g/mol. The molecule has 2 aliphatic heterocycles. The van der Waals surface area contributed by atoms with Gasteiger partial charge >= 0.3 is 5.97 Å². The van der Waals surface area contributed by atoms with Crippen LogP contribution in [0.5, 0.6) is 0 Å². The highest BCUT2D eigenvalue weighted by Gasteiger charge is 2.46. The van der Waals surface area contributed by atoms with E-state index < -0.39 is 23.7 Å². The average molecular weight is 301 g/mol. The first-order valence-electron chi connectivity index (χ1n) is 6.39. The molecule has 2 heterocycles. The number of carbonyl (C=O) groups excluding carboxylic acids is 2. The van der Waals surface area contributed by atoms with E-state index in [-0.39, 0.29) is 10.8 Å². The van der Waals surface area contributed by atoms with Gasteiger partial charge in [0.05, 0.1) is 5.92 Å². The van der Waals surface area contributed by atoms with Gasteiger partial charge in [0.25, 0.3) is 5.91 Å². The quantitative estimate of drug-likeness (QED) is 0.918. The second kappa shape index (κ2) is 5.29. The number of amides is 1. The molecule has 0 spiro atoms. The molecule has 1 aromatic carbocycles. The topological polar surface area (TPSA) is 83.8 Å². The fraction of sp³-hybridized carbons (Fsp3) is 0.200. The normalized spacial score (nSPS) is 24.4. The van der Waals surface area contributed by atoms with Gasteiger partial charge in [0.15, 0.2) is 10.8 Å². The van der Waals surface area contributed by atoms with Crippen LogP contribution in [0.15, 0.2) is 46.3 Å². The minimum atomic E-state index is -1.26. The standard InChI is InChI=1S/C15H11NO4S/c17-13-12-9(6-8-4-2-1-3-5-8)15(20)21-11(12)7-10(16-13)14(18)19/h1-5,7,9,12H,6H2,(H,18,19). The van der Waals surface area contributed by atoms with Crippen molar-refractivity contribution in [2.75, 3.05) is 0 Å². The van der Waals surface area contributed by atoms with Crippen molar-refractivity contribution in [1.82, 2.24) is 0 Å². The number of thioether (sulfide) groups is 1. The van der Waals surface area contributed by atoms with E-state index in [1.807, 2.05) is 30.3 Å². The van der Waals surface area contributed by atoms with Gasteiger partial charge in [-0.15, -0.1) is 0 Å². The van der Waals surface area contributed by atoms with Gasteiger partial charge in [-0.2, -0.15) is 0 Å². The van der Waals surface area contributed by atoms with Gasteiger partial charge in [0.1, 0.15) is 0 Å². The summed E-state index contributed by atoms with van der Waals surface area (Å²) in [5, 5.41) is 8.82. The second-order valence-corrected chi connectivity index (χ2v) is 5.96. The van der Waals surface area contributed by atoms with Gasteiger partial charge in [0.2, 0.25) is 0 Å². The zero-order valence-electron chi connectivity index (χ0n) is 10.9. The Morgan fingerprint density at radius 2 is 1.95 bits per heavy atom. The lowest BCUT2D eigenvalue weighted by Gasteiger charge is -2.18. The third-order valence-electron chi connectivity index (χ3n) is 3.52. The molecule has 0 radical (unpaired) electrons. The van der Waals surface area contributed by atoms with Crippen LogP contribution in [0.2, 0.25) is 0 Å². The number of carbonyl (C=O) groups is 3. The van der Waals surface area contributed by atoms with Crippen LogP contribution in [0, 0.1) is 11.8 Å². The van der Waals surface area contributed by atoms with Crippen LogP contribution in [-0.4, -0.2) is 27.8 Å². The summed E-state index contributed by atoms with van der Waals surface area (Å²) in [6.45, 7) is 0. The second-order valence-electron chi connectivity index (χ2n) is 4.88. The van der Waals surface area contributed by atoms with Crippen LogP contribution >= 0.6 is 11.8 Å². The number of nitrogens with zero attached hydrogens (tertiary/aromatic N) is 1. The summed E-state index contributed by atoms with van der Waals surface area (Å²) in [4.78, 5) is 39.2. The molecule has 5 nitrogen and oxygen atoms in total. The van der Waals surface area contributed by atoms with Gasteiger partial charge in [0, 0.05) is 10.8 Å². The Kier molecular flexibility index (Phi) is 3.47. The maximum absolute atomic E-state index is 12.1. The maximum Gasteiger partial charge on any atom is 0.354 e. The number of rotatable bonds is 3. The Morgan fingerprint density at radius 3 is 2.62 bits per heavy atom. The van der Waals surface area contributed by atoms with Gasteiger partial charge in [-0.05, 0) is 18.1 Å². The van der Waals surface area contributed by atoms with Crippen molar-refractivity contribution in [1.29, 1.82) is 0 Å². The number of benzene rings is 1. The van der Waals surface area contributed by atoms with Gasteiger partial charge in [-0.25, -0.2) is 9.79 Å². The molecule has 0 saturated carbocycles. The third-order valence-corrected chi connectivity index (χ3v) is 4.63. The summed E-state index contributed by atoms with van der Waals surface area (Å²) in [6.07, 6.45) is 1.79. The van der Waals surface area contributed by atoms with Crippen molar-refractivity contribution in [3.8, 4) is 0 Å². The highest BCUT2D eigenvalue weighted by Crippen LogP contribution is 2.45. The molecule has 2 atom stereocenters. The number of aliphatic imine (C=N–C) groups is 1. The monoisotopic (exact) mass is 301 g/mol. The predicted octanol–water partition coefficient (Wildman–Crippen LogP) is 1.68. The highest BCUT2D eigenvalue weighted by atomic mass is 32.2. The van der Waals surface area contributed by atoms with Crippen LogP contribution in [0.25, 0.3) is 0 Å². The molecule has 1 N–H and O–H groups in total. The van der Waals surface area contributed by atoms with Crippen molar-refractivity contribution in [2.24, 2.45) is 16.8 Å². The van der Waals surface area contributed by atoms with E-state index in [0.29, 0.717) is 11.3 Å². The van der Waals surface area contributed by atoms with E-state index in [1.54, 1.807) is 0 Å². The number of hydrogen-bond acceptors (Lipinski definition) is 4. The molecular formula is C15H11NO4S. The van der Waals surface area contributed by atoms with Crippen LogP contribution < -0.4 is 0 Å². The highest BCUT2D eigenvalue weighted by molar-refractivity contribution is 8.17. The molecule has 3 rings (SSSR count). The van der Waals surface area contributed by atoms with Crippen molar-refractivity contribution < 1.29 is 19.5 Å². The molecule has 1 aromatic rings. The molecule has 21 heavy (non-hydrogen) atoms. The first kappa shape index (κ1) is 13.8. The van der Waals surface area contributed by atoms with E-state index in [4.69, 9.17) is 5.11 Å². The Hall–Kier alpha value is -2.21. The largest absolute Gasteiger partial charge is 0.477 e. The first-order valence-corrected chi connectivity index (χ1v) is 7.21. The van der Waals surface area contributed by atoms with E-state index in [0.717, 1.165) is 17.3 Å². The molecule has 0 aliphatic carbocycles. The number of aliphatic carboxylic acids is 1. The molecule has 1 amide bonds. The van der Waals surface area contributed by atoms with E-state index in [2.05, 4.69) is 4.99 Å². The Balaban J connectivity index is 1.89. The Bertz CT molecular complexity index is 693. The summed E-state index contributed by atoms with van der Waals surface area (Å²) in [6, 6.07) is 9.44. The molecule has 0 bridgehead atoms. The number of carboxylic acid groups (broad SMARTS) is 1. The van der Waals surface area contributed by atoms with Crippen LogP contribution in [0.3, 0.4) is 0 Å². The predicted molar refractivity (Wildman–Crippen MR) is 77.9 cm³/mol. The van der Waals surface area contributed by atoms with Gasteiger partial charge in [-0.1, -0.05) is 42.1 Å². The molecule has 6 heteroatoms. The first-order chi connectivity index (χ1) is 10.1. The van der Waals surface area contributed by atoms with Gasteiger partial charge in [-0.3, -0.25) is 9.59 Å². The van der Waals surface area contributed by atoms with Crippen LogP contribution in [0.4, 0.5) is 0 Å². The smallest absolute Gasteiger partial charge is 0.354 e. The van der Waals surface area contributed by atoms with Crippen molar-refractivity contribution in [2.45, 2.75) is 6.42 Å². The van der Waals surface area contributed by atoms with E-state index in [1.165, 1.54) is 6.08 Å². The molecule has 1 fully saturated rings. The summed E-state index contributed by atoms with van der Waals surface area (Å²) < 4.78 is 0. The third kappa shape index (κ3) is 2.54. The Labute approximate surface area is 124 Å². The average Bonchev–Trinajstić information content (AvgIpc) is 2.76. The molecule has 2 unspecified atom stereocenters. The number of fused-ring (bicyclic) bond motifs is 1. The Morgan fingerprint density at radius 1 is 1.24 bits per heavy atom. The lowest BCUT2D eigenvalue weighted by atomic mass is 9.86. The van der Waals surface area contributed by atoms with Crippen molar-refractivity contribution >= 4 is 34.5 Å². The van der Waals surface area contributed by atoms with Crippen molar-refractivity contribution in [3.63, 3.8) is 0 Å². The number of dihydropyridines is 1. The summed E-state index contributed by atoms with van der Waals surface area (Å²) >= 11 is 0.959. The molecule has 2 aliphatic rings. The summed E-state index contributed by atoms with van der Waals surface area (Å²) in [5.41, 5.74) is 0.672. The molecule has 0 aromatic heterocycles. The van der Waals surface area contributed by atoms with Gasteiger partial charge < -0.3 is 5.11 Å². The van der Waals surface area contributed by atoms with E-state index >= 15 is 0 Å². The number of carboxylic acids is 1. The number of hydrogen-bond donors (Lipinski definition) is 1. The lowest BCUT2D eigenvalue weighted by molar-refractivity contribution is -0.130. The van der Waals surface area contributed by atoms with Crippen LogP contribution in [-0.2, 0) is 20.8 Å². The minimum Gasteiger partial charge on any atom is -0.477 e. The fourth-order valence-corrected chi connectivity index (χ4v) is 3.70. The zero-order valence-corrected chi connectivity index (χ0v) is 11.7. The zero-order chi connectivity index (χ0) is 15.0. The molecule has 1 saturated heterocycles. The summed E-state index contributed by atoms with van der Waals surface area (Å²) in [5.74, 6) is -2.90. The van der Waals surface area contributed by atoms with Crippen LogP contribution in [0.1, 0.15) is 5.56 Å². The summed E-state index contributed by atoms with van der Waals surface area (Å²) in [7, 11) is 0. The van der Waals surface area contributed by atoms with Crippen molar-refractivity contribution in [3.05, 3.63) is 46.9 Å². The maximum atomic E-state index is 12.1.